The van der Waals surface area contributed by atoms with Gasteiger partial charge >= 0.3 is 0 Å². The molecule has 0 atom stereocenters. The van der Waals surface area contributed by atoms with Gasteiger partial charge in [0.2, 0.25) is 0 Å². The van der Waals surface area contributed by atoms with E-state index in [0.717, 1.165) is 16.9 Å². The molecular formula is C10H15NO2. The normalized spacial score (nSPS) is 10.1. The molecule has 13 heavy (non-hydrogen) atoms. The second kappa shape index (κ2) is 4.14. The molecule has 0 amide bonds. The van der Waals surface area contributed by atoms with Gasteiger partial charge in [0.05, 0.1) is 7.11 Å². The van der Waals surface area contributed by atoms with Gasteiger partial charge in [0.15, 0.2) is 0 Å². The van der Waals surface area contributed by atoms with Crippen LogP contribution in [0.25, 0.3) is 0 Å². The zero-order chi connectivity index (χ0) is 9.84. The largest absolute Gasteiger partial charge is 0.507 e. The molecule has 3 nitrogen and oxygen atoms in total. The lowest BCUT2D eigenvalue weighted by atomic mass is 10.1. The summed E-state index contributed by atoms with van der Waals surface area (Å²) in [5, 5.41) is 12.6. The summed E-state index contributed by atoms with van der Waals surface area (Å²) in [6.45, 7) is 2.50. The molecule has 72 valence electrons. The van der Waals surface area contributed by atoms with E-state index in [2.05, 4.69) is 5.32 Å². The van der Waals surface area contributed by atoms with Crippen molar-refractivity contribution in [1.82, 2.24) is 5.32 Å². The highest BCUT2D eigenvalue weighted by molar-refractivity contribution is 5.45. The van der Waals surface area contributed by atoms with Crippen molar-refractivity contribution in [3.63, 3.8) is 0 Å². The van der Waals surface area contributed by atoms with Crippen LogP contribution in [0.3, 0.4) is 0 Å². The van der Waals surface area contributed by atoms with E-state index in [0.29, 0.717) is 12.3 Å². The summed E-state index contributed by atoms with van der Waals surface area (Å²) >= 11 is 0. The van der Waals surface area contributed by atoms with Crippen molar-refractivity contribution < 1.29 is 9.84 Å². The number of aryl methyl sites for hydroxylation is 1. The molecule has 0 radical (unpaired) electrons. The van der Waals surface area contributed by atoms with Gasteiger partial charge in [-0.25, -0.2) is 0 Å². The Morgan fingerprint density at radius 3 is 2.69 bits per heavy atom. The summed E-state index contributed by atoms with van der Waals surface area (Å²) in [4.78, 5) is 0. The van der Waals surface area contributed by atoms with Gasteiger partial charge in [-0.3, -0.25) is 0 Å². The van der Waals surface area contributed by atoms with Crippen LogP contribution in [-0.2, 0) is 6.54 Å². The van der Waals surface area contributed by atoms with E-state index in [1.54, 1.807) is 7.11 Å². The quantitative estimate of drug-likeness (QED) is 0.741. The average Bonchev–Trinajstić information content (AvgIpc) is 2.13. The summed E-state index contributed by atoms with van der Waals surface area (Å²) in [5.74, 6) is 1.12. The number of benzene rings is 1. The second-order valence-electron chi connectivity index (χ2n) is 2.98. The first-order valence-electron chi connectivity index (χ1n) is 4.20. The second-order valence-corrected chi connectivity index (χ2v) is 2.98. The highest BCUT2D eigenvalue weighted by atomic mass is 16.5. The topological polar surface area (TPSA) is 41.5 Å². The maximum atomic E-state index is 9.65. The molecule has 0 bridgehead atoms. The summed E-state index contributed by atoms with van der Waals surface area (Å²) < 4.78 is 5.10. The Kier molecular flexibility index (Phi) is 3.14. The van der Waals surface area contributed by atoms with Crippen LogP contribution in [0.15, 0.2) is 12.1 Å². The molecule has 1 rings (SSSR count). The van der Waals surface area contributed by atoms with Crippen molar-refractivity contribution in [2.75, 3.05) is 14.2 Å². The van der Waals surface area contributed by atoms with E-state index in [1.807, 2.05) is 26.1 Å². The minimum absolute atomic E-state index is 0.343. The lowest BCUT2D eigenvalue weighted by Crippen LogP contribution is -2.05. The molecule has 0 aliphatic rings. The summed E-state index contributed by atoms with van der Waals surface area (Å²) in [6, 6.07) is 3.65. The Morgan fingerprint density at radius 2 is 2.15 bits per heavy atom. The van der Waals surface area contributed by atoms with Crippen LogP contribution in [0.2, 0.25) is 0 Å². The molecule has 0 saturated heterocycles. The molecule has 1 aromatic rings. The van der Waals surface area contributed by atoms with Gasteiger partial charge in [0, 0.05) is 12.1 Å². The molecule has 0 fully saturated rings. The number of aromatic hydroxyl groups is 1. The molecule has 0 heterocycles. The number of phenols is 1. The minimum atomic E-state index is 0.343. The maximum Gasteiger partial charge on any atom is 0.123 e. The van der Waals surface area contributed by atoms with Gasteiger partial charge < -0.3 is 15.2 Å². The summed E-state index contributed by atoms with van der Waals surface area (Å²) in [7, 11) is 3.46. The number of methoxy groups -OCH3 is 1. The molecule has 3 heteroatoms. The number of nitrogens with one attached hydrogen (secondary N) is 1. The maximum absolute atomic E-state index is 9.65. The van der Waals surface area contributed by atoms with Crippen LogP contribution in [0.4, 0.5) is 0 Å². The Morgan fingerprint density at radius 1 is 1.46 bits per heavy atom. The number of hydrogen-bond acceptors (Lipinski definition) is 3. The predicted molar refractivity (Wildman–Crippen MR) is 52.2 cm³/mol. The van der Waals surface area contributed by atoms with E-state index < -0.39 is 0 Å². The molecule has 0 aliphatic heterocycles. The third-order valence-corrected chi connectivity index (χ3v) is 1.96. The zero-order valence-corrected chi connectivity index (χ0v) is 8.22. The van der Waals surface area contributed by atoms with Crippen molar-refractivity contribution in [1.29, 1.82) is 0 Å². The van der Waals surface area contributed by atoms with Crippen LogP contribution < -0.4 is 10.1 Å². The number of hydrogen-bond donors (Lipinski definition) is 2. The molecule has 1 aromatic carbocycles. The van der Waals surface area contributed by atoms with Gasteiger partial charge in [0.25, 0.3) is 0 Å². The fourth-order valence-corrected chi connectivity index (χ4v) is 1.26. The minimum Gasteiger partial charge on any atom is -0.507 e. The molecule has 2 N–H and O–H groups in total. The molecule has 0 aromatic heterocycles. The van der Waals surface area contributed by atoms with Crippen molar-refractivity contribution >= 4 is 0 Å². The summed E-state index contributed by atoms with van der Waals surface area (Å²) in [6.07, 6.45) is 0. The van der Waals surface area contributed by atoms with Gasteiger partial charge in [-0.1, -0.05) is 0 Å². The van der Waals surface area contributed by atoms with Crippen molar-refractivity contribution in [3.05, 3.63) is 23.3 Å². The van der Waals surface area contributed by atoms with E-state index >= 15 is 0 Å². The first-order valence-corrected chi connectivity index (χ1v) is 4.20. The van der Waals surface area contributed by atoms with Crippen LogP contribution in [-0.4, -0.2) is 19.3 Å². The Balaban J connectivity index is 3.09. The molecular weight excluding hydrogens is 166 g/mol. The fraction of sp³-hybridized carbons (Fsp3) is 0.400. The smallest absolute Gasteiger partial charge is 0.123 e. The van der Waals surface area contributed by atoms with Gasteiger partial charge in [-0.2, -0.15) is 0 Å². The van der Waals surface area contributed by atoms with E-state index in [9.17, 15) is 5.11 Å². The number of ether oxygens (including phenoxy) is 1. The van der Waals surface area contributed by atoms with Crippen LogP contribution in [0.1, 0.15) is 11.1 Å². The molecule has 0 spiro atoms. The number of phenolic OH excluding ortho intramolecular Hbond substituents is 1. The zero-order valence-electron chi connectivity index (χ0n) is 8.22. The Labute approximate surface area is 78.3 Å². The van der Waals surface area contributed by atoms with Gasteiger partial charge in [0.1, 0.15) is 11.5 Å². The van der Waals surface area contributed by atoms with Gasteiger partial charge in [-0.05, 0) is 31.7 Å². The van der Waals surface area contributed by atoms with Gasteiger partial charge in [-0.15, -0.1) is 0 Å². The van der Waals surface area contributed by atoms with Crippen molar-refractivity contribution in [2.24, 2.45) is 0 Å². The molecule has 0 unspecified atom stereocenters. The SMILES string of the molecule is CNCc1cc(OC)cc(C)c1O. The molecule has 0 saturated carbocycles. The lowest BCUT2D eigenvalue weighted by molar-refractivity contribution is 0.409. The predicted octanol–water partition coefficient (Wildman–Crippen LogP) is 1.43. The molecule has 0 aliphatic carbocycles. The third kappa shape index (κ3) is 2.12. The first kappa shape index (κ1) is 9.86. The van der Waals surface area contributed by atoms with E-state index in [-0.39, 0.29) is 0 Å². The van der Waals surface area contributed by atoms with Crippen molar-refractivity contribution in [2.45, 2.75) is 13.5 Å². The first-order chi connectivity index (χ1) is 6.19. The number of rotatable bonds is 3. The highest BCUT2D eigenvalue weighted by Crippen LogP contribution is 2.27. The highest BCUT2D eigenvalue weighted by Gasteiger charge is 2.05. The monoisotopic (exact) mass is 181 g/mol. The average molecular weight is 181 g/mol. The van der Waals surface area contributed by atoms with E-state index in [1.165, 1.54) is 0 Å². The standard InChI is InChI=1S/C10H15NO2/c1-7-4-9(13-3)5-8(6-11-2)10(7)12/h4-5,11-12H,6H2,1-3H3. The van der Waals surface area contributed by atoms with Crippen LogP contribution >= 0.6 is 0 Å². The van der Waals surface area contributed by atoms with Crippen LogP contribution in [0.5, 0.6) is 11.5 Å². The fourth-order valence-electron chi connectivity index (χ4n) is 1.26. The van der Waals surface area contributed by atoms with E-state index in [4.69, 9.17) is 4.74 Å². The lowest BCUT2D eigenvalue weighted by Gasteiger charge is -2.09. The Bertz CT molecular complexity index is 297. The summed E-state index contributed by atoms with van der Waals surface area (Å²) in [5.41, 5.74) is 1.70. The Hall–Kier alpha value is -1.22. The third-order valence-electron chi connectivity index (χ3n) is 1.96. The van der Waals surface area contributed by atoms with Crippen molar-refractivity contribution in [3.8, 4) is 11.5 Å². The van der Waals surface area contributed by atoms with Crippen LogP contribution in [0, 0.1) is 6.92 Å².